The normalized spacial score (nSPS) is 18.3. The number of likely N-dealkylation sites (tertiary alicyclic amines) is 1. The summed E-state index contributed by atoms with van der Waals surface area (Å²) in [5.74, 6) is 0.134. The largest absolute Gasteiger partial charge is 0.351 e. The number of hydrogen-bond acceptors (Lipinski definition) is 5. The third kappa shape index (κ3) is 3.92. The quantitative estimate of drug-likeness (QED) is 0.911. The fourth-order valence-electron chi connectivity index (χ4n) is 2.85. The molecule has 1 aromatic carbocycles. The molecule has 1 aliphatic rings. The Hall–Kier alpha value is -1.86. The number of amides is 1. The van der Waals surface area contributed by atoms with Crippen LogP contribution in [0.2, 0.25) is 0 Å². The van der Waals surface area contributed by atoms with E-state index in [-0.39, 0.29) is 11.7 Å². The summed E-state index contributed by atoms with van der Waals surface area (Å²) >= 11 is 1.12. The lowest BCUT2D eigenvalue weighted by Gasteiger charge is -2.16. The van der Waals surface area contributed by atoms with Gasteiger partial charge in [0.2, 0.25) is 0 Å². The molecule has 3 rings (SSSR count). The van der Waals surface area contributed by atoms with Crippen molar-refractivity contribution in [3.63, 3.8) is 0 Å². The molecule has 0 radical (unpaired) electrons. The third-order valence-electron chi connectivity index (χ3n) is 4.13. The van der Waals surface area contributed by atoms with Crippen molar-refractivity contribution in [2.24, 2.45) is 5.92 Å². The highest BCUT2D eigenvalue weighted by Crippen LogP contribution is 2.19. The Morgan fingerprint density at radius 1 is 1.48 bits per heavy atom. The average Bonchev–Trinajstić information content (AvgIpc) is 3.16. The minimum absolute atomic E-state index is 0.106. The van der Waals surface area contributed by atoms with E-state index in [4.69, 9.17) is 0 Å². The van der Waals surface area contributed by atoms with Crippen molar-refractivity contribution in [1.29, 1.82) is 0 Å². The molecule has 1 atom stereocenters. The van der Waals surface area contributed by atoms with Crippen molar-refractivity contribution in [3.05, 3.63) is 46.2 Å². The summed E-state index contributed by atoms with van der Waals surface area (Å²) in [5.41, 5.74) is 1.39. The number of halogens is 1. The van der Waals surface area contributed by atoms with E-state index in [2.05, 4.69) is 19.8 Å². The summed E-state index contributed by atoms with van der Waals surface area (Å²) in [6.07, 6.45) is 1.01. The van der Waals surface area contributed by atoms with Gasteiger partial charge >= 0.3 is 0 Å². The van der Waals surface area contributed by atoms with E-state index in [9.17, 15) is 9.18 Å². The molecule has 0 saturated carbocycles. The standard InChI is InChI=1S/C16H19FN4OS/c1-11-15(23-20-19-11)16(22)18-8-12-6-7-21(9-12)10-13-4-2-3-5-14(13)17/h2-5,12H,6-10H2,1H3,(H,18,22). The summed E-state index contributed by atoms with van der Waals surface area (Å²) in [5, 5.41) is 6.80. The Labute approximate surface area is 138 Å². The maximum Gasteiger partial charge on any atom is 0.264 e. The van der Waals surface area contributed by atoms with Crippen LogP contribution in [0.25, 0.3) is 0 Å². The molecule has 0 spiro atoms. The zero-order chi connectivity index (χ0) is 16.2. The number of benzene rings is 1. The molecule has 1 fully saturated rings. The van der Waals surface area contributed by atoms with Crippen LogP contribution in [0.5, 0.6) is 0 Å². The first kappa shape index (κ1) is 16.0. The second-order valence-corrected chi connectivity index (χ2v) is 6.63. The Balaban J connectivity index is 1.48. The molecule has 1 N–H and O–H groups in total. The predicted octanol–water partition coefficient (Wildman–Crippen LogP) is 2.24. The molecule has 1 aliphatic heterocycles. The van der Waals surface area contributed by atoms with Gasteiger partial charge in [0.1, 0.15) is 10.7 Å². The van der Waals surface area contributed by atoms with Crippen LogP contribution in [0, 0.1) is 18.7 Å². The van der Waals surface area contributed by atoms with E-state index in [1.807, 2.05) is 12.1 Å². The summed E-state index contributed by atoms with van der Waals surface area (Å²) in [4.78, 5) is 14.9. The van der Waals surface area contributed by atoms with Gasteiger partial charge in [-0.15, -0.1) is 5.10 Å². The third-order valence-corrected chi connectivity index (χ3v) is 4.96. The van der Waals surface area contributed by atoms with Crippen molar-refractivity contribution in [1.82, 2.24) is 19.8 Å². The van der Waals surface area contributed by atoms with Crippen LogP contribution in [0.15, 0.2) is 24.3 Å². The number of aryl methyl sites for hydroxylation is 1. The van der Waals surface area contributed by atoms with Crippen LogP contribution >= 0.6 is 11.5 Å². The maximum absolute atomic E-state index is 13.7. The first-order chi connectivity index (χ1) is 11.1. The number of aromatic nitrogens is 2. The number of rotatable bonds is 5. The molecule has 5 nitrogen and oxygen atoms in total. The maximum atomic E-state index is 13.7. The van der Waals surface area contributed by atoms with Gasteiger partial charge in [-0.2, -0.15) is 0 Å². The van der Waals surface area contributed by atoms with Gasteiger partial charge < -0.3 is 5.32 Å². The van der Waals surface area contributed by atoms with Crippen molar-refractivity contribution in [3.8, 4) is 0 Å². The second-order valence-electron chi connectivity index (χ2n) is 5.88. The smallest absolute Gasteiger partial charge is 0.264 e. The summed E-state index contributed by atoms with van der Waals surface area (Å²) < 4.78 is 17.5. The molecule has 2 heterocycles. The number of hydrogen-bond donors (Lipinski definition) is 1. The molecule has 1 amide bonds. The SMILES string of the molecule is Cc1nnsc1C(=O)NCC1CCN(Cc2ccccc2F)C1. The van der Waals surface area contributed by atoms with Crippen LogP contribution in [0.4, 0.5) is 4.39 Å². The lowest BCUT2D eigenvalue weighted by molar-refractivity contribution is 0.0950. The van der Waals surface area contributed by atoms with Crippen LogP contribution in [-0.4, -0.2) is 40.0 Å². The van der Waals surface area contributed by atoms with E-state index in [1.54, 1.807) is 13.0 Å². The molecule has 0 aliphatic carbocycles. The van der Waals surface area contributed by atoms with E-state index < -0.39 is 0 Å². The highest BCUT2D eigenvalue weighted by atomic mass is 32.1. The zero-order valence-corrected chi connectivity index (χ0v) is 13.8. The van der Waals surface area contributed by atoms with Crippen molar-refractivity contribution < 1.29 is 9.18 Å². The molecule has 7 heteroatoms. The van der Waals surface area contributed by atoms with Gasteiger partial charge in [-0.05, 0) is 43.4 Å². The number of carbonyl (C=O) groups is 1. The monoisotopic (exact) mass is 334 g/mol. The van der Waals surface area contributed by atoms with E-state index in [0.717, 1.165) is 36.6 Å². The number of nitrogens with zero attached hydrogens (tertiary/aromatic N) is 3. The van der Waals surface area contributed by atoms with Crippen molar-refractivity contribution in [2.45, 2.75) is 19.9 Å². The van der Waals surface area contributed by atoms with Crippen LogP contribution < -0.4 is 5.32 Å². The Kier molecular flexibility index (Phi) is 4.97. The van der Waals surface area contributed by atoms with Crippen LogP contribution in [0.3, 0.4) is 0 Å². The molecule has 0 bridgehead atoms. The topological polar surface area (TPSA) is 58.1 Å². The minimum Gasteiger partial charge on any atom is -0.351 e. The Morgan fingerprint density at radius 2 is 2.30 bits per heavy atom. The van der Waals surface area contributed by atoms with Gasteiger partial charge in [0.05, 0.1) is 5.69 Å². The first-order valence-corrected chi connectivity index (χ1v) is 8.43. The van der Waals surface area contributed by atoms with Crippen LogP contribution in [0.1, 0.15) is 27.3 Å². The van der Waals surface area contributed by atoms with Gasteiger partial charge in [-0.25, -0.2) is 4.39 Å². The molecular formula is C16H19FN4OS. The lowest BCUT2D eigenvalue weighted by Crippen LogP contribution is -2.31. The molecule has 1 aromatic heterocycles. The van der Waals surface area contributed by atoms with Gasteiger partial charge in [-0.3, -0.25) is 9.69 Å². The van der Waals surface area contributed by atoms with Gasteiger partial charge in [-0.1, -0.05) is 22.7 Å². The minimum atomic E-state index is -0.155. The molecule has 1 saturated heterocycles. The van der Waals surface area contributed by atoms with Crippen LogP contribution in [-0.2, 0) is 6.54 Å². The lowest BCUT2D eigenvalue weighted by atomic mass is 10.1. The summed E-state index contributed by atoms with van der Waals surface area (Å²) in [7, 11) is 0. The Bertz CT molecular complexity index is 690. The molecule has 122 valence electrons. The fourth-order valence-corrected chi connectivity index (χ4v) is 3.42. The summed E-state index contributed by atoms with van der Waals surface area (Å²) in [6.45, 7) is 4.83. The van der Waals surface area contributed by atoms with E-state index in [0.29, 0.717) is 29.6 Å². The summed E-state index contributed by atoms with van der Waals surface area (Å²) in [6, 6.07) is 6.88. The first-order valence-electron chi connectivity index (χ1n) is 7.66. The Morgan fingerprint density at radius 3 is 3.04 bits per heavy atom. The molecule has 2 aromatic rings. The highest BCUT2D eigenvalue weighted by Gasteiger charge is 2.24. The van der Waals surface area contributed by atoms with E-state index in [1.165, 1.54) is 6.07 Å². The van der Waals surface area contributed by atoms with E-state index >= 15 is 0 Å². The zero-order valence-electron chi connectivity index (χ0n) is 13.0. The second kappa shape index (κ2) is 7.14. The van der Waals surface area contributed by atoms with Gasteiger partial charge in [0.25, 0.3) is 5.91 Å². The van der Waals surface area contributed by atoms with Crippen molar-refractivity contribution in [2.75, 3.05) is 19.6 Å². The highest BCUT2D eigenvalue weighted by molar-refractivity contribution is 7.07. The average molecular weight is 334 g/mol. The number of carbonyl (C=O) groups excluding carboxylic acids is 1. The van der Waals surface area contributed by atoms with Gasteiger partial charge in [0, 0.05) is 25.2 Å². The molecular weight excluding hydrogens is 315 g/mol. The van der Waals surface area contributed by atoms with Crippen molar-refractivity contribution >= 4 is 17.4 Å². The van der Waals surface area contributed by atoms with Gasteiger partial charge in [0.15, 0.2) is 0 Å². The molecule has 1 unspecified atom stereocenters. The predicted molar refractivity (Wildman–Crippen MR) is 86.8 cm³/mol. The number of nitrogens with one attached hydrogen (secondary N) is 1. The molecule has 23 heavy (non-hydrogen) atoms. The fraction of sp³-hybridized carbons (Fsp3) is 0.438.